The summed E-state index contributed by atoms with van der Waals surface area (Å²) < 4.78 is 28.6. The van der Waals surface area contributed by atoms with E-state index in [1.807, 2.05) is 0 Å². The van der Waals surface area contributed by atoms with E-state index in [9.17, 15) is 34.5 Å². The minimum absolute atomic E-state index is 0.0334. The van der Waals surface area contributed by atoms with Crippen LogP contribution in [0.5, 0.6) is 0 Å². The van der Waals surface area contributed by atoms with Gasteiger partial charge in [-0.2, -0.15) is 0 Å². The van der Waals surface area contributed by atoms with E-state index < -0.39 is 67.3 Å². The van der Waals surface area contributed by atoms with E-state index in [4.69, 9.17) is 23.7 Å². The molecule has 12 nitrogen and oxygen atoms in total. The van der Waals surface area contributed by atoms with Crippen molar-refractivity contribution in [3.63, 3.8) is 0 Å². The van der Waals surface area contributed by atoms with E-state index in [0.29, 0.717) is 19.3 Å². The van der Waals surface area contributed by atoms with Gasteiger partial charge in [0.25, 0.3) is 0 Å². The Balaban J connectivity index is 2.65. The maximum atomic E-state index is 13.2. The molecule has 83 heavy (non-hydrogen) atoms. The Labute approximate surface area is 506 Å². The predicted octanol–water partition coefficient (Wildman–Crippen LogP) is 18.7. The fraction of sp³-hybridized carbons (Fsp3) is 0.803. The predicted molar refractivity (Wildman–Crippen MR) is 340 cm³/mol. The number of carbonyl (C=O) groups excluding carboxylic acids is 3. The number of hydrogen-bond acceptors (Lipinski definition) is 11. The summed E-state index contributed by atoms with van der Waals surface area (Å²) in [6.07, 6.45) is 61.7. The van der Waals surface area contributed by atoms with Gasteiger partial charge in [-0.25, -0.2) is 4.79 Å². The Morgan fingerprint density at radius 2 is 0.759 bits per heavy atom. The molecular formula is C71H124O12. The lowest BCUT2D eigenvalue weighted by Crippen LogP contribution is -2.61. The van der Waals surface area contributed by atoms with Crippen molar-refractivity contribution in [2.45, 2.75) is 353 Å². The minimum atomic E-state index is -1.91. The van der Waals surface area contributed by atoms with Gasteiger partial charge in [0, 0.05) is 19.3 Å². The second-order valence-electron chi connectivity index (χ2n) is 23.4. The third kappa shape index (κ3) is 48.3. The number of allylic oxidation sites excluding steroid dienone is 10. The summed E-state index contributed by atoms with van der Waals surface area (Å²) in [5.41, 5.74) is 0. The molecule has 1 heterocycles. The van der Waals surface area contributed by atoms with E-state index in [1.54, 1.807) is 0 Å². The zero-order valence-corrected chi connectivity index (χ0v) is 53.2. The Kier molecular flexibility index (Phi) is 54.8. The highest BCUT2D eigenvalue weighted by molar-refractivity contribution is 5.74. The van der Waals surface area contributed by atoms with Crippen molar-refractivity contribution in [1.29, 1.82) is 0 Å². The molecule has 1 aliphatic rings. The number of carboxylic acids is 1. The third-order valence-electron chi connectivity index (χ3n) is 15.6. The molecule has 1 aliphatic heterocycles. The number of aliphatic hydroxyl groups excluding tert-OH is 2. The maximum Gasteiger partial charge on any atom is 0.335 e. The van der Waals surface area contributed by atoms with Gasteiger partial charge in [-0.05, 0) is 83.5 Å². The van der Waals surface area contributed by atoms with Gasteiger partial charge in [0.2, 0.25) is 0 Å². The summed E-state index contributed by atoms with van der Waals surface area (Å²) in [6, 6.07) is 0. The van der Waals surface area contributed by atoms with E-state index in [2.05, 4.69) is 81.5 Å². The Bertz CT molecular complexity index is 1670. The van der Waals surface area contributed by atoms with Gasteiger partial charge in [-0.15, -0.1) is 0 Å². The minimum Gasteiger partial charge on any atom is -0.479 e. The van der Waals surface area contributed by atoms with Crippen molar-refractivity contribution in [1.82, 2.24) is 0 Å². The van der Waals surface area contributed by atoms with Crippen molar-refractivity contribution < 1.29 is 58.2 Å². The number of aliphatic hydroxyl groups is 2. The molecule has 0 aliphatic carbocycles. The lowest BCUT2D eigenvalue weighted by atomic mass is 9.98. The zero-order valence-electron chi connectivity index (χ0n) is 53.2. The smallest absolute Gasteiger partial charge is 0.335 e. The highest BCUT2D eigenvalue weighted by Crippen LogP contribution is 2.27. The van der Waals surface area contributed by atoms with Crippen molar-refractivity contribution in [2.24, 2.45) is 0 Å². The van der Waals surface area contributed by atoms with Gasteiger partial charge in [0.1, 0.15) is 18.8 Å². The maximum absolute atomic E-state index is 13.2. The number of unbranched alkanes of at least 4 members (excludes halogenated alkanes) is 35. The molecule has 0 radical (unpaired) electrons. The Morgan fingerprint density at radius 1 is 0.410 bits per heavy atom. The van der Waals surface area contributed by atoms with Crippen LogP contribution in [-0.4, -0.2) is 89.2 Å². The van der Waals surface area contributed by atoms with Gasteiger partial charge in [0.05, 0.1) is 6.61 Å². The number of aliphatic carboxylic acids is 1. The number of rotatable bonds is 59. The highest BCUT2D eigenvalue weighted by atomic mass is 16.7. The first-order valence-electron chi connectivity index (χ1n) is 34.3. The molecule has 3 N–H and O–H groups in total. The van der Waals surface area contributed by atoms with Crippen molar-refractivity contribution >= 4 is 23.9 Å². The standard InChI is InChI=1S/C71H124O12/c1-4-7-10-13-16-19-22-25-28-31-32-35-36-39-42-45-48-51-54-57-63(72)79-60-62(81-64(73)58-55-52-49-46-43-40-37-33-29-26-23-20-17-14-11-8-5-2)61-80-71-69(67(76)66(75)68(83-71)70(77)78)82-65(74)59-56-53-50-47-44-41-38-34-30-27-24-21-18-15-12-9-6-3/h9,12,18,21,25,27-28,30,38,41,62,66-69,71,75-76H,4-8,10-11,13-17,19-20,22-24,26,29,31-37,39-40,42-61H2,1-3H3,(H,77,78)/b12-9-,21-18-,28-25-,30-27-,41-38-. The van der Waals surface area contributed by atoms with Crippen molar-refractivity contribution in [2.75, 3.05) is 13.2 Å². The van der Waals surface area contributed by atoms with Crippen LogP contribution in [0.2, 0.25) is 0 Å². The van der Waals surface area contributed by atoms with E-state index >= 15 is 0 Å². The van der Waals surface area contributed by atoms with Crippen LogP contribution >= 0.6 is 0 Å². The molecule has 0 aromatic carbocycles. The van der Waals surface area contributed by atoms with Crippen LogP contribution in [0.3, 0.4) is 0 Å². The van der Waals surface area contributed by atoms with Crippen LogP contribution < -0.4 is 0 Å². The van der Waals surface area contributed by atoms with Gasteiger partial charge in [-0.1, -0.05) is 274 Å². The SMILES string of the molecule is CC/C=C\C/C=C\C/C=C\C/C=C\CCCCCCC(=O)OC1C(OCC(COC(=O)CCCCCCCCCCC/C=C\CCCCCCCC)OC(=O)CCCCCCCCCCCCCCCCCCC)OC(C(=O)O)C(O)C1O. The summed E-state index contributed by atoms with van der Waals surface area (Å²) >= 11 is 0. The molecule has 1 fully saturated rings. The molecule has 0 aromatic rings. The molecule has 6 atom stereocenters. The lowest BCUT2D eigenvalue weighted by molar-refractivity contribution is -0.301. The molecule has 1 saturated heterocycles. The number of carbonyl (C=O) groups is 4. The monoisotopic (exact) mass is 1170 g/mol. The topological polar surface area (TPSA) is 175 Å². The lowest BCUT2D eigenvalue weighted by Gasteiger charge is -2.40. The molecule has 0 saturated carbocycles. The molecule has 0 bridgehead atoms. The average Bonchev–Trinajstić information content (AvgIpc) is 3.55. The number of carboxylic acid groups (broad SMARTS) is 1. The van der Waals surface area contributed by atoms with E-state index in [-0.39, 0.29) is 25.9 Å². The molecule has 0 amide bonds. The van der Waals surface area contributed by atoms with E-state index in [1.165, 1.54) is 167 Å². The van der Waals surface area contributed by atoms with Gasteiger partial charge in [-0.3, -0.25) is 14.4 Å². The first-order chi connectivity index (χ1) is 40.6. The van der Waals surface area contributed by atoms with Crippen LogP contribution in [0.1, 0.15) is 316 Å². The van der Waals surface area contributed by atoms with Crippen LogP contribution in [-0.2, 0) is 42.9 Å². The van der Waals surface area contributed by atoms with E-state index in [0.717, 1.165) is 89.9 Å². The average molecular weight is 1170 g/mol. The van der Waals surface area contributed by atoms with Gasteiger partial charge >= 0.3 is 23.9 Å². The number of ether oxygens (including phenoxy) is 5. The Morgan fingerprint density at radius 3 is 1.17 bits per heavy atom. The first-order valence-corrected chi connectivity index (χ1v) is 34.3. The molecule has 1 rings (SSSR count). The van der Waals surface area contributed by atoms with Gasteiger partial charge < -0.3 is 39.0 Å². The molecule has 480 valence electrons. The highest BCUT2D eigenvalue weighted by Gasteiger charge is 2.50. The van der Waals surface area contributed by atoms with Crippen LogP contribution in [0.4, 0.5) is 0 Å². The van der Waals surface area contributed by atoms with Crippen LogP contribution in [0.15, 0.2) is 60.8 Å². The number of esters is 3. The quantitative estimate of drug-likeness (QED) is 0.0228. The van der Waals surface area contributed by atoms with Crippen molar-refractivity contribution in [3.8, 4) is 0 Å². The molecule has 0 spiro atoms. The second kappa shape index (κ2) is 58.8. The molecular weight excluding hydrogens is 1040 g/mol. The molecule has 12 heteroatoms. The van der Waals surface area contributed by atoms with Crippen molar-refractivity contribution in [3.05, 3.63) is 60.8 Å². The normalized spacial score (nSPS) is 17.9. The summed E-state index contributed by atoms with van der Waals surface area (Å²) in [5.74, 6) is -3.12. The first kappa shape index (κ1) is 77.4. The summed E-state index contributed by atoms with van der Waals surface area (Å²) in [7, 11) is 0. The van der Waals surface area contributed by atoms with Crippen LogP contribution in [0.25, 0.3) is 0 Å². The number of hydrogen-bond donors (Lipinski definition) is 3. The fourth-order valence-corrected chi connectivity index (χ4v) is 10.4. The third-order valence-corrected chi connectivity index (χ3v) is 15.6. The summed E-state index contributed by atoms with van der Waals surface area (Å²) in [5, 5.41) is 31.6. The molecule has 0 aromatic heterocycles. The van der Waals surface area contributed by atoms with Gasteiger partial charge in [0.15, 0.2) is 24.6 Å². The molecule has 6 unspecified atom stereocenters. The Hall–Kier alpha value is -3.58. The summed E-state index contributed by atoms with van der Waals surface area (Å²) in [6.45, 7) is 5.92. The summed E-state index contributed by atoms with van der Waals surface area (Å²) in [4.78, 5) is 51.4. The fourth-order valence-electron chi connectivity index (χ4n) is 10.4. The largest absolute Gasteiger partial charge is 0.479 e. The zero-order chi connectivity index (χ0) is 60.3. The second-order valence-corrected chi connectivity index (χ2v) is 23.4. The van der Waals surface area contributed by atoms with Crippen LogP contribution in [0, 0.1) is 0 Å².